The monoisotopic (exact) mass is 347 g/mol. The van der Waals surface area contributed by atoms with Crippen LogP contribution in [0, 0.1) is 0 Å². The van der Waals surface area contributed by atoms with Crippen LogP contribution in [-0.2, 0) is 24.0 Å². The summed E-state index contributed by atoms with van der Waals surface area (Å²) in [5, 5.41) is 0. The number of aryl methyl sites for hydroxylation is 2. The second-order valence-corrected chi connectivity index (χ2v) is 6.72. The van der Waals surface area contributed by atoms with Crippen molar-refractivity contribution in [3.05, 3.63) is 18.7 Å². The van der Waals surface area contributed by atoms with Crippen molar-refractivity contribution < 1.29 is 22.1 Å². The first-order valence-corrected chi connectivity index (χ1v) is 9.84. The SMILES string of the molecule is CCCCCCCCCCCCn1cc[n+](C)c1.O=S(=O)([O-])[O-]. The Balaban J connectivity index is 0.000000841. The lowest BCUT2D eigenvalue weighted by Crippen LogP contribution is -2.23. The zero-order valence-electron chi connectivity index (χ0n) is 14.4. The molecule has 0 amide bonds. The van der Waals surface area contributed by atoms with Crippen LogP contribution in [0.15, 0.2) is 18.7 Å². The van der Waals surface area contributed by atoms with Gasteiger partial charge < -0.3 is 9.11 Å². The highest BCUT2D eigenvalue weighted by Gasteiger charge is 1.99. The van der Waals surface area contributed by atoms with Crippen molar-refractivity contribution in [2.24, 2.45) is 7.05 Å². The maximum atomic E-state index is 8.52. The molecule has 7 heteroatoms. The lowest BCUT2D eigenvalue weighted by molar-refractivity contribution is -0.671. The van der Waals surface area contributed by atoms with E-state index >= 15 is 0 Å². The Labute approximate surface area is 141 Å². The molecule has 1 rings (SSSR count). The first-order chi connectivity index (χ1) is 10.8. The van der Waals surface area contributed by atoms with E-state index in [9.17, 15) is 0 Å². The van der Waals surface area contributed by atoms with E-state index in [2.05, 4.69) is 41.8 Å². The molecular weight excluding hydrogens is 316 g/mol. The van der Waals surface area contributed by atoms with Crippen LogP contribution >= 0.6 is 0 Å². The van der Waals surface area contributed by atoms with Gasteiger partial charge in [-0.05, 0) is 12.8 Å². The first-order valence-electron chi connectivity index (χ1n) is 8.50. The number of hydrogen-bond donors (Lipinski definition) is 0. The van der Waals surface area contributed by atoms with Gasteiger partial charge in [0.1, 0.15) is 12.4 Å². The van der Waals surface area contributed by atoms with Crippen LogP contribution in [-0.4, -0.2) is 22.1 Å². The Morgan fingerprint density at radius 3 is 1.74 bits per heavy atom. The second kappa shape index (κ2) is 13.5. The van der Waals surface area contributed by atoms with Gasteiger partial charge in [0.05, 0.1) is 13.6 Å². The molecule has 6 nitrogen and oxygen atoms in total. The molecule has 0 aliphatic carbocycles. The summed E-state index contributed by atoms with van der Waals surface area (Å²) in [4.78, 5) is 0. The predicted octanol–water partition coefficient (Wildman–Crippen LogP) is 2.90. The summed E-state index contributed by atoms with van der Waals surface area (Å²) in [6.07, 6.45) is 20.6. The molecule has 0 atom stereocenters. The van der Waals surface area contributed by atoms with Crippen molar-refractivity contribution in [3.63, 3.8) is 0 Å². The van der Waals surface area contributed by atoms with E-state index in [1.807, 2.05) is 0 Å². The molecule has 0 aliphatic rings. The van der Waals surface area contributed by atoms with E-state index in [1.165, 1.54) is 70.8 Å². The van der Waals surface area contributed by atoms with Crippen molar-refractivity contribution in [1.29, 1.82) is 0 Å². The fourth-order valence-corrected chi connectivity index (χ4v) is 2.42. The molecule has 0 bridgehead atoms. The first kappa shape index (κ1) is 22.1. The van der Waals surface area contributed by atoms with Gasteiger partial charge in [-0.15, -0.1) is 0 Å². The van der Waals surface area contributed by atoms with E-state index in [4.69, 9.17) is 17.5 Å². The van der Waals surface area contributed by atoms with Gasteiger partial charge in [-0.1, -0.05) is 58.3 Å². The fraction of sp³-hybridized carbons (Fsp3) is 0.812. The van der Waals surface area contributed by atoms with E-state index in [1.54, 1.807) is 0 Å². The van der Waals surface area contributed by atoms with Crippen molar-refractivity contribution in [2.45, 2.75) is 77.7 Å². The van der Waals surface area contributed by atoms with Crippen LogP contribution in [0.5, 0.6) is 0 Å². The van der Waals surface area contributed by atoms with Crippen molar-refractivity contribution in [3.8, 4) is 0 Å². The van der Waals surface area contributed by atoms with Crippen LogP contribution in [0.25, 0.3) is 0 Å². The van der Waals surface area contributed by atoms with Crippen LogP contribution in [0.1, 0.15) is 71.1 Å². The van der Waals surface area contributed by atoms with E-state index in [0.717, 1.165) is 0 Å². The molecule has 0 N–H and O–H groups in total. The minimum Gasteiger partial charge on any atom is -0.759 e. The molecule has 0 aromatic carbocycles. The molecule has 1 aromatic heterocycles. The summed E-state index contributed by atoms with van der Waals surface area (Å²) in [7, 11) is -3.09. The van der Waals surface area contributed by atoms with Gasteiger partial charge in [0.2, 0.25) is 6.33 Å². The lowest BCUT2D eigenvalue weighted by Gasteiger charge is -2.06. The molecular formula is C16H31N2O4S-. The Hall–Kier alpha value is -0.920. The molecule has 136 valence electrons. The summed E-state index contributed by atoms with van der Waals surface area (Å²) in [6, 6.07) is 0. The number of imidazole rings is 1. The average molecular weight is 348 g/mol. The number of aromatic nitrogens is 2. The van der Waals surface area contributed by atoms with Gasteiger partial charge in [0.15, 0.2) is 0 Å². The summed E-state index contributed by atoms with van der Waals surface area (Å²) < 4.78 is 38.5. The van der Waals surface area contributed by atoms with Crippen LogP contribution in [0.2, 0.25) is 0 Å². The Morgan fingerprint density at radius 1 is 0.913 bits per heavy atom. The Kier molecular flexibility index (Phi) is 13.0. The summed E-state index contributed by atoms with van der Waals surface area (Å²) in [5.41, 5.74) is 0. The molecule has 0 unspecified atom stereocenters. The van der Waals surface area contributed by atoms with Crippen LogP contribution < -0.4 is 4.57 Å². The smallest absolute Gasteiger partial charge is 0.243 e. The fourth-order valence-electron chi connectivity index (χ4n) is 2.42. The van der Waals surface area contributed by atoms with Crippen molar-refractivity contribution in [2.75, 3.05) is 0 Å². The number of nitrogens with zero attached hydrogens (tertiary/aromatic N) is 2. The Bertz CT molecular complexity index is 478. The minimum absolute atomic E-state index is 1.18. The topological polar surface area (TPSA) is 89.1 Å². The molecule has 1 aromatic rings. The maximum absolute atomic E-state index is 8.52. The molecule has 1 heterocycles. The predicted molar refractivity (Wildman–Crippen MR) is 87.9 cm³/mol. The van der Waals surface area contributed by atoms with Gasteiger partial charge in [0, 0.05) is 10.4 Å². The van der Waals surface area contributed by atoms with Gasteiger partial charge in [-0.25, -0.2) is 9.13 Å². The average Bonchev–Trinajstić information content (AvgIpc) is 2.85. The minimum atomic E-state index is -5.17. The largest absolute Gasteiger partial charge is 0.759 e. The molecule has 0 fully saturated rings. The second-order valence-electron chi connectivity index (χ2n) is 5.91. The van der Waals surface area contributed by atoms with Gasteiger partial charge >= 0.3 is 0 Å². The number of rotatable bonds is 11. The van der Waals surface area contributed by atoms with Crippen LogP contribution in [0.4, 0.5) is 0 Å². The third kappa shape index (κ3) is 19.0. The summed E-state index contributed by atoms with van der Waals surface area (Å²) in [5.74, 6) is 0. The summed E-state index contributed by atoms with van der Waals surface area (Å²) >= 11 is 0. The van der Waals surface area contributed by atoms with Gasteiger partial charge in [0.25, 0.3) is 0 Å². The number of hydrogen-bond acceptors (Lipinski definition) is 4. The summed E-state index contributed by atoms with van der Waals surface area (Å²) in [6.45, 7) is 3.46. The lowest BCUT2D eigenvalue weighted by atomic mass is 10.1. The normalized spacial score (nSPS) is 11.1. The van der Waals surface area contributed by atoms with Gasteiger partial charge in [-0.3, -0.25) is 8.42 Å². The molecule has 0 saturated carbocycles. The van der Waals surface area contributed by atoms with Crippen LogP contribution in [0.3, 0.4) is 0 Å². The highest BCUT2D eigenvalue weighted by Crippen LogP contribution is 2.10. The number of unbranched alkanes of at least 4 members (excludes halogenated alkanes) is 9. The van der Waals surface area contributed by atoms with Crippen molar-refractivity contribution >= 4 is 10.4 Å². The highest BCUT2D eigenvalue weighted by atomic mass is 32.3. The standard InChI is InChI=1S/C16H31N2.H2O4S/c1-3-4-5-6-7-8-9-10-11-12-13-18-15-14-17(2)16-18;1-5(2,3)4/h14-16H,3-13H2,1-2H3;(H2,1,2,3,4)/q+1;/p-2. The van der Waals surface area contributed by atoms with E-state index in [-0.39, 0.29) is 0 Å². The molecule has 23 heavy (non-hydrogen) atoms. The third-order valence-electron chi connectivity index (χ3n) is 3.59. The highest BCUT2D eigenvalue weighted by molar-refractivity contribution is 7.79. The van der Waals surface area contributed by atoms with Crippen molar-refractivity contribution in [1.82, 2.24) is 4.57 Å². The van der Waals surface area contributed by atoms with Gasteiger partial charge in [-0.2, -0.15) is 0 Å². The molecule has 0 aliphatic heterocycles. The quantitative estimate of drug-likeness (QED) is 0.266. The third-order valence-corrected chi connectivity index (χ3v) is 3.59. The molecule has 0 saturated heterocycles. The molecule has 0 spiro atoms. The zero-order valence-corrected chi connectivity index (χ0v) is 15.3. The zero-order chi connectivity index (χ0) is 17.6. The maximum Gasteiger partial charge on any atom is 0.243 e. The van der Waals surface area contributed by atoms with E-state index < -0.39 is 10.4 Å². The van der Waals surface area contributed by atoms with E-state index in [0.29, 0.717) is 0 Å². The Morgan fingerprint density at radius 2 is 1.35 bits per heavy atom. The molecule has 0 radical (unpaired) electrons.